The maximum absolute atomic E-state index is 14.2. The molecular weight excluding hydrogens is 599 g/mol. The van der Waals surface area contributed by atoms with Crippen LogP contribution < -0.4 is 10.6 Å². The minimum atomic E-state index is -0.996. The summed E-state index contributed by atoms with van der Waals surface area (Å²) < 4.78 is 24.7. The molecule has 1 saturated heterocycles. The van der Waals surface area contributed by atoms with Gasteiger partial charge in [-0.15, -0.1) is 0 Å². The third-order valence-corrected chi connectivity index (χ3v) is 9.37. The topological polar surface area (TPSA) is 110 Å². The first-order valence-electron chi connectivity index (χ1n) is 16.5. The van der Waals surface area contributed by atoms with Crippen LogP contribution in [0.15, 0.2) is 66.9 Å². The van der Waals surface area contributed by atoms with Gasteiger partial charge in [0, 0.05) is 36.4 Å². The second kappa shape index (κ2) is 13.3. The second-order valence-electron chi connectivity index (χ2n) is 14.0. The molecule has 47 heavy (non-hydrogen) atoms. The van der Waals surface area contributed by atoms with Gasteiger partial charge in [0.25, 0.3) is 0 Å². The predicted octanol–water partition coefficient (Wildman–Crippen LogP) is 7.61. The number of benzene rings is 2. The Kier molecular flexibility index (Phi) is 9.21. The van der Waals surface area contributed by atoms with E-state index in [2.05, 4.69) is 10.6 Å². The Hall–Kier alpha value is -4.47. The number of carbonyl (C=O) groups is 3. The van der Waals surface area contributed by atoms with Gasteiger partial charge in [-0.05, 0) is 69.6 Å². The van der Waals surface area contributed by atoms with Gasteiger partial charge in [-0.3, -0.25) is 9.78 Å². The van der Waals surface area contributed by atoms with E-state index in [4.69, 9.17) is 14.5 Å². The molecule has 1 aliphatic heterocycles. The fraction of sp³-hybridized carbons (Fsp3) is 0.459. The Morgan fingerprint density at radius 2 is 1.72 bits per heavy atom. The molecule has 3 amide bonds. The van der Waals surface area contributed by atoms with Crippen LogP contribution in [0.2, 0.25) is 0 Å². The number of halogens is 1. The van der Waals surface area contributed by atoms with E-state index in [0.29, 0.717) is 25.3 Å². The number of hydrogen-bond acceptors (Lipinski definition) is 6. The summed E-state index contributed by atoms with van der Waals surface area (Å²) in [5.74, 6) is 0.210. The highest BCUT2D eigenvalue weighted by Crippen LogP contribution is 2.44. The van der Waals surface area contributed by atoms with Crippen molar-refractivity contribution < 1.29 is 28.2 Å². The minimum absolute atomic E-state index is 0.0543. The Labute approximate surface area is 275 Å². The van der Waals surface area contributed by atoms with E-state index in [-0.39, 0.29) is 36.8 Å². The lowest BCUT2D eigenvalue weighted by Crippen LogP contribution is -2.56. The van der Waals surface area contributed by atoms with Gasteiger partial charge >= 0.3 is 12.2 Å². The molecular formula is C37H43FN4O5. The number of alkyl carbamates (subject to hydrolysis) is 1. The van der Waals surface area contributed by atoms with Crippen molar-refractivity contribution >= 4 is 23.8 Å². The Morgan fingerprint density at radius 3 is 2.34 bits per heavy atom. The molecule has 0 bridgehead atoms. The summed E-state index contributed by atoms with van der Waals surface area (Å²) in [5.41, 5.74) is 3.35. The molecule has 3 fully saturated rings. The van der Waals surface area contributed by atoms with E-state index in [0.717, 1.165) is 53.6 Å². The minimum Gasteiger partial charge on any atom is -0.448 e. The zero-order valence-electron chi connectivity index (χ0n) is 27.3. The van der Waals surface area contributed by atoms with Crippen molar-refractivity contribution in [3.63, 3.8) is 0 Å². The quantitative estimate of drug-likeness (QED) is 0.262. The molecule has 3 aromatic rings. The van der Waals surface area contributed by atoms with E-state index >= 15 is 0 Å². The van der Waals surface area contributed by atoms with E-state index in [1.54, 1.807) is 27.0 Å². The molecule has 0 atom stereocenters. The molecule has 2 aromatic carbocycles. The third-order valence-electron chi connectivity index (χ3n) is 9.37. The normalized spacial score (nSPS) is 24.2. The first-order valence-corrected chi connectivity index (χ1v) is 16.5. The van der Waals surface area contributed by atoms with Gasteiger partial charge in [0.15, 0.2) is 0 Å². The summed E-state index contributed by atoms with van der Waals surface area (Å²) in [6.45, 7) is 6.49. The predicted molar refractivity (Wildman–Crippen MR) is 177 cm³/mol. The monoisotopic (exact) mass is 642 g/mol. The number of rotatable bonds is 8. The summed E-state index contributed by atoms with van der Waals surface area (Å²) in [7, 11) is 0. The number of hydrogen-bond donors (Lipinski definition) is 2. The lowest BCUT2D eigenvalue weighted by atomic mass is 9.70. The standard InChI is InChI=1S/C37H43FN4O5/c1-36(2,3)47-34(44)41-37(21-28(38)22-37)27-13-11-26(12-14-27)33-31(25-7-5-4-6-8-25)20-29(23-39-33)40-32(43)19-24-9-15-30(16-10-24)42-17-18-46-35(42)45/h4-8,11-14,20,23-24,28,30H,9-10,15-19,21-22H2,1-3H3,(H,40,43)(H,41,44). The van der Waals surface area contributed by atoms with Crippen LogP contribution in [-0.2, 0) is 19.8 Å². The number of nitrogens with one attached hydrogen (secondary N) is 2. The number of carbonyl (C=O) groups excluding carboxylic acids is 3. The van der Waals surface area contributed by atoms with Crippen LogP contribution in [0.5, 0.6) is 0 Å². The van der Waals surface area contributed by atoms with Gasteiger partial charge in [-0.25, -0.2) is 14.0 Å². The average Bonchev–Trinajstić information content (AvgIpc) is 3.45. The molecule has 3 aliphatic rings. The second-order valence-corrected chi connectivity index (χ2v) is 14.0. The van der Waals surface area contributed by atoms with E-state index in [9.17, 15) is 18.8 Å². The van der Waals surface area contributed by atoms with E-state index in [1.165, 1.54) is 0 Å². The van der Waals surface area contributed by atoms with Crippen molar-refractivity contribution in [2.24, 2.45) is 5.92 Å². The molecule has 2 N–H and O–H groups in total. The molecule has 248 valence electrons. The fourth-order valence-corrected chi connectivity index (χ4v) is 7.03. The number of ether oxygens (including phenoxy) is 2. The molecule has 2 aliphatic carbocycles. The third kappa shape index (κ3) is 7.58. The van der Waals surface area contributed by atoms with Gasteiger partial charge in [-0.2, -0.15) is 0 Å². The molecule has 10 heteroatoms. The number of amides is 3. The van der Waals surface area contributed by atoms with Gasteiger partial charge in [-0.1, -0.05) is 54.6 Å². The maximum Gasteiger partial charge on any atom is 0.410 e. The van der Waals surface area contributed by atoms with Gasteiger partial charge < -0.3 is 25.0 Å². The van der Waals surface area contributed by atoms with Crippen molar-refractivity contribution in [2.75, 3.05) is 18.5 Å². The first kappa shape index (κ1) is 32.5. The van der Waals surface area contributed by atoms with Crippen LogP contribution in [0, 0.1) is 5.92 Å². The number of cyclic esters (lactones) is 1. The molecule has 0 spiro atoms. The SMILES string of the molecule is CC(C)(C)OC(=O)NC1(c2ccc(-c3ncc(NC(=O)CC4CCC(N5CCOC5=O)CC4)cc3-c3ccccc3)cc2)CC(F)C1. The van der Waals surface area contributed by atoms with Crippen molar-refractivity contribution in [1.82, 2.24) is 15.2 Å². The molecule has 0 radical (unpaired) electrons. The number of anilines is 1. The highest BCUT2D eigenvalue weighted by molar-refractivity contribution is 5.93. The highest BCUT2D eigenvalue weighted by atomic mass is 19.1. The van der Waals surface area contributed by atoms with Crippen LogP contribution in [0.1, 0.15) is 71.3 Å². The van der Waals surface area contributed by atoms with Gasteiger partial charge in [0.05, 0.1) is 29.7 Å². The average molecular weight is 643 g/mol. The Bertz CT molecular complexity index is 1590. The number of pyridine rings is 1. The fourth-order valence-electron chi connectivity index (χ4n) is 7.03. The molecule has 6 rings (SSSR count). The molecule has 1 aromatic heterocycles. The van der Waals surface area contributed by atoms with Crippen molar-refractivity contribution in [1.29, 1.82) is 0 Å². The van der Waals surface area contributed by atoms with Gasteiger partial charge in [0.2, 0.25) is 5.91 Å². The Morgan fingerprint density at radius 1 is 1.02 bits per heavy atom. The maximum atomic E-state index is 14.2. The first-order chi connectivity index (χ1) is 22.5. The van der Waals surface area contributed by atoms with Crippen LogP contribution >= 0.6 is 0 Å². The number of aromatic nitrogens is 1. The zero-order valence-corrected chi connectivity index (χ0v) is 27.3. The molecule has 9 nitrogen and oxygen atoms in total. The lowest BCUT2D eigenvalue weighted by molar-refractivity contribution is -0.117. The van der Waals surface area contributed by atoms with Gasteiger partial charge in [0.1, 0.15) is 18.4 Å². The summed E-state index contributed by atoms with van der Waals surface area (Å²) in [5, 5.41) is 5.98. The lowest BCUT2D eigenvalue weighted by Gasteiger charge is -2.45. The van der Waals surface area contributed by atoms with E-state index < -0.39 is 23.4 Å². The smallest absolute Gasteiger partial charge is 0.410 e. The van der Waals surface area contributed by atoms with Crippen LogP contribution in [0.25, 0.3) is 22.4 Å². The number of alkyl halides is 1. The summed E-state index contributed by atoms with van der Waals surface area (Å²) >= 11 is 0. The molecule has 2 saturated carbocycles. The Balaban J connectivity index is 1.16. The van der Waals surface area contributed by atoms with Crippen LogP contribution in [0.3, 0.4) is 0 Å². The van der Waals surface area contributed by atoms with Crippen LogP contribution in [-0.4, -0.2) is 58.9 Å². The van der Waals surface area contributed by atoms with E-state index in [1.807, 2.05) is 65.6 Å². The zero-order chi connectivity index (χ0) is 33.2. The van der Waals surface area contributed by atoms with Crippen molar-refractivity contribution in [2.45, 2.75) is 89.1 Å². The summed E-state index contributed by atoms with van der Waals surface area (Å²) in [4.78, 5) is 44.3. The van der Waals surface area contributed by atoms with Crippen LogP contribution in [0.4, 0.5) is 19.7 Å². The summed E-state index contributed by atoms with van der Waals surface area (Å²) in [6, 6.07) is 19.7. The van der Waals surface area contributed by atoms with Crippen molar-refractivity contribution in [3.05, 3.63) is 72.4 Å². The summed E-state index contributed by atoms with van der Waals surface area (Å²) in [6.07, 6.45) is 4.22. The highest BCUT2D eigenvalue weighted by Gasteiger charge is 2.48. The molecule has 2 heterocycles. The largest absolute Gasteiger partial charge is 0.448 e. The van der Waals surface area contributed by atoms with Crippen molar-refractivity contribution in [3.8, 4) is 22.4 Å². The number of nitrogens with zero attached hydrogens (tertiary/aromatic N) is 2. The molecule has 0 unspecified atom stereocenters.